The van der Waals surface area contributed by atoms with Crippen molar-refractivity contribution in [2.45, 2.75) is 138 Å². The summed E-state index contributed by atoms with van der Waals surface area (Å²) in [5, 5.41) is 54.1. The van der Waals surface area contributed by atoms with Crippen molar-refractivity contribution in [3.8, 4) is 5.75 Å². The zero-order valence-electron chi connectivity index (χ0n) is 40.9. The van der Waals surface area contributed by atoms with Crippen LogP contribution in [0.1, 0.15) is 130 Å². The monoisotopic (exact) mass is 1080 g/mol. The molecule has 4 rings (SSSR count). The normalized spacial score (nSPS) is 15.6. The van der Waals surface area contributed by atoms with Crippen LogP contribution in [-0.2, 0) is 40.2 Å². The Kier molecular flexibility index (Phi) is 31.7. The average molecular weight is 1090 g/mol. The van der Waals surface area contributed by atoms with E-state index in [9.17, 15) is 48.9 Å². The van der Waals surface area contributed by atoms with Crippen molar-refractivity contribution < 1.29 is 53.6 Å². The van der Waals surface area contributed by atoms with Crippen LogP contribution in [0.2, 0.25) is 0 Å². The second kappa shape index (κ2) is 32.7. The highest BCUT2D eigenvalue weighted by atomic mass is 32.1. The highest BCUT2D eigenvalue weighted by Gasteiger charge is 2.48. The summed E-state index contributed by atoms with van der Waals surface area (Å²) in [6.45, 7) is 13.8. The number of ketones is 1. The summed E-state index contributed by atoms with van der Waals surface area (Å²) >= 11 is 5.53. The van der Waals surface area contributed by atoms with E-state index in [1.54, 1.807) is 46.8 Å². The molecule has 0 spiro atoms. The number of Topliss-reactive ketones (excluding diaryl/α,β-unsaturated/α-hetero) is 1. The fraction of sp³-hybridized carbons (Fsp3) is 0.536. The quantitative estimate of drug-likeness (QED) is 0.0392. The van der Waals surface area contributed by atoms with E-state index in [0.29, 0.717) is 35.1 Å². The molecule has 0 aromatic heterocycles. The van der Waals surface area contributed by atoms with Crippen LogP contribution < -0.4 is 57.7 Å². The molecule has 1 heterocycles. The van der Waals surface area contributed by atoms with Crippen LogP contribution in [-0.4, -0.2) is 113 Å². The molecule has 0 saturated heterocycles. The Bertz CT molecular complexity index is 2510. The molecule has 76 heavy (non-hydrogen) atoms. The second-order valence-corrected chi connectivity index (χ2v) is 19.3. The van der Waals surface area contributed by atoms with Crippen molar-refractivity contribution >= 4 is 76.4 Å². The minimum absolute atomic E-state index is 0. The smallest absolute Gasteiger partial charge is 0.239 e. The van der Waals surface area contributed by atoms with Crippen LogP contribution in [0.25, 0.3) is 12.2 Å². The van der Waals surface area contributed by atoms with Crippen LogP contribution >= 0.6 is 12.2 Å². The molecule has 428 valence electrons. The molecule has 11 N–H and O–H groups in total. The predicted molar refractivity (Wildman–Crippen MR) is 308 cm³/mol. The molecule has 19 nitrogen and oxygen atoms in total. The summed E-state index contributed by atoms with van der Waals surface area (Å²) in [7, 11) is 0. The number of rotatable bonds is 24. The molecule has 6 amide bonds. The predicted octanol–water partition coefficient (Wildman–Crippen LogP) is 4.52. The van der Waals surface area contributed by atoms with Gasteiger partial charge in [-0.05, 0) is 104 Å². The third kappa shape index (κ3) is 20.8. The Morgan fingerprint density at radius 1 is 0.750 bits per heavy atom. The number of allylic oxidation sites excluding steroid dienone is 1. The van der Waals surface area contributed by atoms with Gasteiger partial charge >= 0.3 is 0 Å². The minimum atomic E-state index is -1.42. The number of amides is 6. The Morgan fingerprint density at radius 3 is 1.92 bits per heavy atom. The van der Waals surface area contributed by atoms with Gasteiger partial charge in [-0.1, -0.05) is 110 Å². The molecule has 2 aromatic carbocycles. The third-order valence-corrected chi connectivity index (χ3v) is 12.4. The number of aliphatic hydroxyl groups is 3. The van der Waals surface area contributed by atoms with Gasteiger partial charge in [-0.25, -0.2) is 0 Å². The summed E-state index contributed by atoms with van der Waals surface area (Å²) < 4.78 is 6.23. The van der Waals surface area contributed by atoms with E-state index in [2.05, 4.69) is 49.1 Å². The SMILES string of the molecule is C.C.C.C.C.C.C=c1ccc2c(c1)OC1C=C(O)C=CC1C=2c1ccc(NC(=S)NCCCNC(=O)CNC(=O)C(C)(CC)CC(C)(CC(C)(C)C(=O)NCC(=O)NCC(=O)NCC(C)=O)C(=O)NC(C)O)cc1CO. The number of aliphatic hydroxyl groups excluding tert-OH is 3. The van der Waals surface area contributed by atoms with Crippen LogP contribution in [0.5, 0.6) is 5.75 Å². The minimum Gasteiger partial charge on any atom is -0.508 e. The zero-order valence-corrected chi connectivity index (χ0v) is 41.7. The van der Waals surface area contributed by atoms with Gasteiger partial charge in [0, 0.05) is 46.2 Å². The number of carbonyl (C=O) groups excluding carboxylic acids is 7. The Morgan fingerprint density at radius 2 is 1.33 bits per heavy atom. The molecule has 1 aliphatic carbocycles. The van der Waals surface area contributed by atoms with Gasteiger partial charge in [0.05, 0.1) is 32.8 Å². The molecule has 1 aliphatic heterocycles. The highest BCUT2D eigenvalue weighted by Crippen LogP contribution is 2.45. The summed E-state index contributed by atoms with van der Waals surface area (Å²) in [6.07, 6.45) is 4.05. The fourth-order valence-electron chi connectivity index (χ4n) is 8.54. The lowest BCUT2D eigenvalue weighted by Crippen LogP contribution is -2.52. The van der Waals surface area contributed by atoms with Gasteiger partial charge in [-0.15, -0.1) is 0 Å². The van der Waals surface area contributed by atoms with Gasteiger partial charge in [0.15, 0.2) is 5.11 Å². The number of thiocarbonyl (C=S) groups is 1. The molecule has 5 atom stereocenters. The van der Waals surface area contributed by atoms with Crippen molar-refractivity contribution in [2.75, 3.05) is 44.6 Å². The molecular weight excluding hydrogens is 993 g/mol. The molecule has 2 aliphatic rings. The molecule has 20 heteroatoms. The number of nitrogens with one attached hydrogen (secondary N) is 8. The highest BCUT2D eigenvalue weighted by molar-refractivity contribution is 7.80. The van der Waals surface area contributed by atoms with E-state index in [0.717, 1.165) is 21.6 Å². The van der Waals surface area contributed by atoms with E-state index < -0.39 is 77.1 Å². The number of fused-ring (bicyclic) bond motifs is 2. The van der Waals surface area contributed by atoms with E-state index >= 15 is 0 Å². The Hall–Kier alpha value is -6.64. The van der Waals surface area contributed by atoms with Crippen molar-refractivity contribution in [3.05, 3.63) is 81.9 Å². The first-order valence-electron chi connectivity index (χ1n) is 23.1. The zero-order chi connectivity index (χ0) is 52.0. The van der Waals surface area contributed by atoms with Gasteiger partial charge in [-0.3, -0.25) is 33.6 Å². The maximum atomic E-state index is 13.7. The van der Waals surface area contributed by atoms with Crippen LogP contribution in [0.4, 0.5) is 5.69 Å². The van der Waals surface area contributed by atoms with Crippen LogP contribution in [0.3, 0.4) is 0 Å². The van der Waals surface area contributed by atoms with Crippen molar-refractivity contribution in [3.63, 3.8) is 0 Å². The molecule has 0 radical (unpaired) electrons. The lowest BCUT2D eigenvalue weighted by Gasteiger charge is -2.41. The molecule has 0 saturated carbocycles. The lowest BCUT2D eigenvalue weighted by atomic mass is 9.64. The summed E-state index contributed by atoms with van der Waals surface area (Å²) in [6, 6.07) is 11.3. The van der Waals surface area contributed by atoms with E-state index in [1.807, 2.05) is 42.5 Å². The number of hydrogen-bond acceptors (Lipinski definition) is 12. The third-order valence-electron chi connectivity index (χ3n) is 12.1. The molecule has 0 bridgehead atoms. The van der Waals surface area contributed by atoms with Gasteiger partial charge < -0.3 is 62.6 Å². The van der Waals surface area contributed by atoms with E-state index in [1.165, 1.54) is 13.8 Å². The molecular formula is C56H92N8O11S. The summed E-state index contributed by atoms with van der Waals surface area (Å²) in [4.78, 5) is 89.0. The molecule has 5 unspecified atom stereocenters. The van der Waals surface area contributed by atoms with E-state index in [-0.39, 0.29) is 108 Å². The summed E-state index contributed by atoms with van der Waals surface area (Å²) in [5.74, 6) is -3.11. The average Bonchev–Trinajstić information content (AvgIpc) is 3.29. The van der Waals surface area contributed by atoms with Crippen molar-refractivity contribution in [2.24, 2.45) is 22.2 Å². The Balaban J connectivity index is -0.00000888. The van der Waals surface area contributed by atoms with Gasteiger partial charge in [0.25, 0.3) is 0 Å². The number of ether oxygens (including phenoxy) is 1. The van der Waals surface area contributed by atoms with Gasteiger partial charge in [0.1, 0.15) is 29.6 Å². The maximum Gasteiger partial charge on any atom is 0.239 e. The van der Waals surface area contributed by atoms with Crippen LogP contribution in [0, 0.1) is 22.2 Å². The first-order valence-corrected chi connectivity index (χ1v) is 23.5. The van der Waals surface area contributed by atoms with Crippen LogP contribution in [0.15, 0.2) is 60.4 Å². The fourth-order valence-corrected chi connectivity index (χ4v) is 8.76. The van der Waals surface area contributed by atoms with E-state index in [4.69, 9.17) is 17.0 Å². The number of benzene rings is 2. The van der Waals surface area contributed by atoms with Crippen molar-refractivity contribution in [1.29, 1.82) is 0 Å². The Labute approximate surface area is 457 Å². The number of hydrogen-bond donors (Lipinski definition) is 11. The topological polar surface area (TPSA) is 286 Å². The lowest BCUT2D eigenvalue weighted by molar-refractivity contribution is -0.144. The second-order valence-electron chi connectivity index (χ2n) is 18.9. The first-order chi connectivity index (χ1) is 32.9. The first kappa shape index (κ1) is 73.6. The van der Waals surface area contributed by atoms with Gasteiger partial charge in [-0.2, -0.15) is 0 Å². The standard InChI is InChI=1S/C50H68N8O11S.6CH4/c1-9-49(7,28-50(8,46(68)57-31(4)61)27-48(5,6)44(66)55-25-42(65)54-23-41(64)53-22-30(3)60)45(67)56-24-40(63)51-17-10-18-52-47(70)58-33-12-15-35(32(20-33)26-59)43-36-14-11-29(2)19-38(36)69-39-21-34(62)13-16-37(39)43;;;;;;/h11-16,19-21,31,37,39,59,61-62H,2,9-10,17-18,22-28H2,1,3-8H3,(H,51,63)(H,53,64)(H,54,65)(H,55,66)(H,56,67)(H,57,68)(H2,52,58,70);6*1H4. The molecule has 0 fully saturated rings. The maximum absolute atomic E-state index is 13.7. The number of anilines is 1. The largest absolute Gasteiger partial charge is 0.508 e. The summed E-state index contributed by atoms with van der Waals surface area (Å²) in [5.41, 5.74) is -0.837. The number of carbonyl (C=O) groups is 7. The van der Waals surface area contributed by atoms with Gasteiger partial charge in [0.2, 0.25) is 35.4 Å². The molecule has 2 aromatic rings. The van der Waals surface area contributed by atoms with Crippen molar-refractivity contribution in [1.82, 2.24) is 37.2 Å².